The molecule has 1 aromatic carbocycles. The van der Waals surface area contributed by atoms with Crippen molar-refractivity contribution >= 4 is 6.09 Å². The van der Waals surface area contributed by atoms with Crippen molar-refractivity contribution in [1.29, 1.82) is 0 Å². The lowest BCUT2D eigenvalue weighted by molar-refractivity contribution is 0.193. The minimum Gasteiger partial charge on any atom is -0.465 e. The normalized spacial score (nSPS) is 12.1. The van der Waals surface area contributed by atoms with Gasteiger partial charge in [0.2, 0.25) is 0 Å². The summed E-state index contributed by atoms with van der Waals surface area (Å²) >= 11 is 0. The van der Waals surface area contributed by atoms with Gasteiger partial charge in [-0.05, 0) is 5.56 Å². The zero-order valence-electron chi connectivity index (χ0n) is 7.10. The number of hydrogen-bond acceptors (Lipinski definition) is 2. The van der Waals surface area contributed by atoms with Crippen LogP contribution in [0.3, 0.4) is 0 Å². The van der Waals surface area contributed by atoms with Crippen molar-refractivity contribution in [3.8, 4) is 0 Å². The Hall–Kier alpha value is -1.55. The van der Waals surface area contributed by atoms with Crippen LogP contribution in [0.5, 0.6) is 0 Å². The van der Waals surface area contributed by atoms with Crippen LogP contribution >= 0.6 is 0 Å². The first-order chi connectivity index (χ1) is 6.20. The van der Waals surface area contributed by atoms with Gasteiger partial charge >= 0.3 is 6.09 Å². The van der Waals surface area contributed by atoms with Gasteiger partial charge < -0.3 is 16.2 Å². The molecule has 0 unspecified atom stereocenters. The lowest BCUT2D eigenvalue weighted by atomic mass is 10.1. The second-order valence-electron chi connectivity index (χ2n) is 2.70. The summed E-state index contributed by atoms with van der Waals surface area (Å²) in [7, 11) is 0. The molecular weight excluding hydrogens is 168 g/mol. The summed E-state index contributed by atoms with van der Waals surface area (Å²) in [6, 6.07) is 9.09. The summed E-state index contributed by atoms with van der Waals surface area (Å²) in [4.78, 5) is 10.2. The molecule has 4 heteroatoms. The molecule has 0 aliphatic heterocycles. The highest BCUT2D eigenvalue weighted by Gasteiger charge is 2.05. The Balaban J connectivity index is 2.49. The SMILES string of the molecule is N[C@@H](CNC(=O)O)c1ccccc1. The summed E-state index contributed by atoms with van der Waals surface area (Å²) in [6.45, 7) is 0.235. The van der Waals surface area contributed by atoms with Gasteiger partial charge in [0, 0.05) is 12.6 Å². The molecule has 1 rings (SSSR count). The van der Waals surface area contributed by atoms with E-state index in [9.17, 15) is 4.79 Å². The van der Waals surface area contributed by atoms with E-state index in [0.717, 1.165) is 5.56 Å². The van der Waals surface area contributed by atoms with Gasteiger partial charge in [-0.3, -0.25) is 0 Å². The van der Waals surface area contributed by atoms with E-state index < -0.39 is 6.09 Å². The fraction of sp³-hybridized carbons (Fsp3) is 0.222. The zero-order valence-corrected chi connectivity index (χ0v) is 7.10. The molecule has 70 valence electrons. The summed E-state index contributed by atoms with van der Waals surface area (Å²) in [5, 5.41) is 10.6. The summed E-state index contributed by atoms with van der Waals surface area (Å²) in [5.74, 6) is 0. The van der Waals surface area contributed by atoms with Crippen LogP contribution in [0.1, 0.15) is 11.6 Å². The van der Waals surface area contributed by atoms with Crippen molar-refractivity contribution in [2.75, 3.05) is 6.54 Å². The first-order valence-electron chi connectivity index (χ1n) is 3.97. The third-order valence-corrected chi connectivity index (χ3v) is 1.70. The highest BCUT2D eigenvalue weighted by Crippen LogP contribution is 2.07. The monoisotopic (exact) mass is 180 g/mol. The number of benzene rings is 1. The molecule has 0 heterocycles. The summed E-state index contributed by atoms with van der Waals surface area (Å²) in [5.41, 5.74) is 6.64. The third-order valence-electron chi connectivity index (χ3n) is 1.70. The fourth-order valence-electron chi connectivity index (χ4n) is 1.02. The number of carboxylic acid groups (broad SMARTS) is 1. The minimum atomic E-state index is -1.05. The van der Waals surface area contributed by atoms with E-state index in [-0.39, 0.29) is 12.6 Å². The Morgan fingerprint density at radius 2 is 2.08 bits per heavy atom. The maximum atomic E-state index is 10.2. The van der Waals surface area contributed by atoms with Gasteiger partial charge in [0.1, 0.15) is 0 Å². The number of amides is 1. The summed E-state index contributed by atoms with van der Waals surface area (Å²) < 4.78 is 0. The maximum Gasteiger partial charge on any atom is 0.404 e. The lowest BCUT2D eigenvalue weighted by Gasteiger charge is -2.10. The average Bonchev–Trinajstić information content (AvgIpc) is 2.15. The predicted octanol–water partition coefficient (Wildman–Crippen LogP) is 0.954. The van der Waals surface area contributed by atoms with E-state index in [0.29, 0.717) is 0 Å². The molecule has 0 aliphatic rings. The van der Waals surface area contributed by atoms with Gasteiger partial charge in [-0.1, -0.05) is 30.3 Å². The molecule has 0 radical (unpaired) electrons. The topological polar surface area (TPSA) is 75.3 Å². The van der Waals surface area contributed by atoms with Crippen LogP contribution in [0.25, 0.3) is 0 Å². The number of nitrogens with one attached hydrogen (secondary N) is 1. The van der Waals surface area contributed by atoms with Gasteiger partial charge in [-0.2, -0.15) is 0 Å². The van der Waals surface area contributed by atoms with Crippen molar-refractivity contribution < 1.29 is 9.90 Å². The standard InChI is InChI=1S/C9H12N2O2/c10-8(6-11-9(12)13)7-4-2-1-3-5-7/h1-5,8,11H,6,10H2,(H,12,13)/t8-/m0/s1. The minimum absolute atomic E-state index is 0.235. The molecule has 0 saturated heterocycles. The van der Waals surface area contributed by atoms with Crippen LogP contribution in [0.15, 0.2) is 30.3 Å². The predicted molar refractivity (Wildman–Crippen MR) is 49.4 cm³/mol. The van der Waals surface area contributed by atoms with Crippen molar-refractivity contribution in [2.24, 2.45) is 5.73 Å². The van der Waals surface area contributed by atoms with Crippen LogP contribution < -0.4 is 11.1 Å². The lowest BCUT2D eigenvalue weighted by Crippen LogP contribution is -2.30. The van der Waals surface area contributed by atoms with Gasteiger partial charge in [0.15, 0.2) is 0 Å². The molecule has 0 spiro atoms. The Bertz CT molecular complexity index is 274. The molecule has 4 nitrogen and oxygen atoms in total. The summed E-state index contributed by atoms with van der Waals surface area (Å²) in [6.07, 6.45) is -1.05. The average molecular weight is 180 g/mol. The molecular formula is C9H12N2O2. The van der Waals surface area contributed by atoms with Gasteiger partial charge in [0.05, 0.1) is 0 Å². The smallest absolute Gasteiger partial charge is 0.404 e. The molecule has 4 N–H and O–H groups in total. The van der Waals surface area contributed by atoms with Gasteiger partial charge in [-0.25, -0.2) is 4.79 Å². The molecule has 1 amide bonds. The van der Waals surface area contributed by atoms with Crippen LogP contribution in [-0.2, 0) is 0 Å². The first kappa shape index (κ1) is 9.54. The Labute approximate surface area is 76.4 Å². The van der Waals surface area contributed by atoms with E-state index in [1.165, 1.54) is 0 Å². The van der Waals surface area contributed by atoms with Crippen LogP contribution in [0, 0.1) is 0 Å². The highest BCUT2D eigenvalue weighted by atomic mass is 16.4. The van der Waals surface area contributed by atoms with E-state index in [1.807, 2.05) is 30.3 Å². The zero-order chi connectivity index (χ0) is 9.68. The fourth-order valence-corrected chi connectivity index (χ4v) is 1.02. The van der Waals surface area contributed by atoms with Crippen molar-refractivity contribution in [2.45, 2.75) is 6.04 Å². The van der Waals surface area contributed by atoms with Crippen LogP contribution in [-0.4, -0.2) is 17.7 Å². The Kier molecular flexibility index (Phi) is 3.28. The van der Waals surface area contributed by atoms with Crippen molar-refractivity contribution in [1.82, 2.24) is 5.32 Å². The van der Waals surface area contributed by atoms with E-state index in [1.54, 1.807) is 0 Å². The Morgan fingerprint density at radius 3 is 2.62 bits per heavy atom. The number of hydrogen-bond donors (Lipinski definition) is 3. The third kappa shape index (κ3) is 3.13. The molecule has 0 saturated carbocycles. The molecule has 0 fully saturated rings. The maximum absolute atomic E-state index is 10.2. The molecule has 0 aliphatic carbocycles. The Morgan fingerprint density at radius 1 is 1.46 bits per heavy atom. The van der Waals surface area contributed by atoms with Crippen LogP contribution in [0.2, 0.25) is 0 Å². The van der Waals surface area contributed by atoms with Gasteiger partial charge in [-0.15, -0.1) is 0 Å². The molecule has 1 atom stereocenters. The second-order valence-corrected chi connectivity index (χ2v) is 2.70. The number of rotatable bonds is 3. The van der Waals surface area contributed by atoms with E-state index in [2.05, 4.69) is 5.32 Å². The highest BCUT2D eigenvalue weighted by molar-refractivity contribution is 5.64. The molecule has 13 heavy (non-hydrogen) atoms. The second kappa shape index (κ2) is 4.47. The van der Waals surface area contributed by atoms with Crippen molar-refractivity contribution in [3.05, 3.63) is 35.9 Å². The van der Waals surface area contributed by atoms with Crippen LogP contribution in [0.4, 0.5) is 4.79 Å². The van der Waals surface area contributed by atoms with E-state index >= 15 is 0 Å². The molecule has 0 bridgehead atoms. The number of nitrogens with two attached hydrogens (primary N) is 1. The van der Waals surface area contributed by atoms with E-state index in [4.69, 9.17) is 10.8 Å². The molecule has 0 aromatic heterocycles. The van der Waals surface area contributed by atoms with Gasteiger partial charge in [0.25, 0.3) is 0 Å². The number of carbonyl (C=O) groups is 1. The largest absolute Gasteiger partial charge is 0.465 e. The first-order valence-corrected chi connectivity index (χ1v) is 3.97. The van der Waals surface area contributed by atoms with Crippen molar-refractivity contribution in [3.63, 3.8) is 0 Å². The molecule has 1 aromatic rings. The quantitative estimate of drug-likeness (QED) is 0.648.